The maximum absolute atomic E-state index is 12.8. The van der Waals surface area contributed by atoms with Crippen molar-refractivity contribution in [2.24, 2.45) is 0 Å². The van der Waals surface area contributed by atoms with E-state index in [4.69, 9.17) is 16.6 Å². The first-order chi connectivity index (χ1) is 14.0. The summed E-state index contributed by atoms with van der Waals surface area (Å²) in [4.78, 5) is 26.2. The van der Waals surface area contributed by atoms with Crippen molar-refractivity contribution in [1.29, 1.82) is 0 Å². The Bertz CT molecular complexity index is 1130. The minimum absolute atomic E-state index is 0.155. The van der Waals surface area contributed by atoms with Crippen molar-refractivity contribution in [3.63, 3.8) is 0 Å². The van der Waals surface area contributed by atoms with Crippen LogP contribution in [-0.2, 0) is 11.3 Å². The monoisotopic (exact) mass is 421 g/mol. The van der Waals surface area contributed by atoms with E-state index in [0.29, 0.717) is 32.9 Å². The highest BCUT2D eigenvalue weighted by Crippen LogP contribution is 2.35. The molecule has 1 aliphatic heterocycles. The molecule has 3 aromatic rings. The maximum Gasteiger partial charge on any atom is 0.336 e. The van der Waals surface area contributed by atoms with Crippen molar-refractivity contribution in [2.75, 3.05) is 0 Å². The number of thiocarbonyl (C=S) groups is 1. The lowest BCUT2D eigenvalue weighted by Crippen LogP contribution is -2.27. The van der Waals surface area contributed by atoms with E-state index in [1.165, 1.54) is 17.8 Å². The van der Waals surface area contributed by atoms with Crippen LogP contribution in [0.3, 0.4) is 0 Å². The van der Waals surface area contributed by atoms with Gasteiger partial charge in [0.15, 0.2) is 0 Å². The summed E-state index contributed by atoms with van der Waals surface area (Å²) in [6, 6.07) is 19.7. The quantitative estimate of drug-likeness (QED) is 0.459. The summed E-state index contributed by atoms with van der Waals surface area (Å²) in [5.74, 6) is -0.317. The summed E-state index contributed by atoms with van der Waals surface area (Å²) in [7, 11) is 0. The van der Waals surface area contributed by atoms with Crippen LogP contribution in [0.1, 0.15) is 21.7 Å². The number of hydrogen-bond acceptors (Lipinski definition) is 5. The van der Waals surface area contributed by atoms with Crippen LogP contribution >= 0.6 is 24.0 Å². The number of aromatic carboxylic acids is 1. The highest BCUT2D eigenvalue weighted by Gasteiger charge is 2.32. The number of thioether (sulfide) groups is 1. The van der Waals surface area contributed by atoms with Gasteiger partial charge in [-0.15, -0.1) is 0 Å². The van der Waals surface area contributed by atoms with Crippen molar-refractivity contribution in [1.82, 2.24) is 4.90 Å². The Kier molecular flexibility index (Phi) is 5.33. The van der Waals surface area contributed by atoms with Crippen molar-refractivity contribution in [3.8, 4) is 11.3 Å². The molecule has 144 valence electrons. The Morgan fingerprint density at radius 3 is 2.55 bits per heavy atom. The molecule has 1 N–H and O–H groups in total. The number of amides is 1. The molecule has 5 nitrogen and oxygen atoms in total. The zero-order valence-corrected chi connectivity index (χ0v) is 16.7. The number of carbonyl (C=O) groups is 2. The molecular formula is C22H15NO4S2. The van der Waals surface area contributed by atoms with Gasteiger partial charge >= 0.3 is 5.97 Å². The largest absolute Gasteiger partial charge is 0.478 e. The molecule has 0 saturated carbocycles. The normalized spacial score (nSPS) is 15.3. The van der Waals surface area contributed by atoms with E-state index in [9.17, 15) is 14.7 Å². The van der Waals surface area contributed by atoms with Gasteiger partial charge in [-0.3, -0.25) is 9.69 Å². The molecule has 2 heterocycles. The van der Waals surface area contributed by atoms with E-state index >= 15 is 0 Å². The molecule has 1 amide bonds. The average molecular weight is 421 g/mol. The van der Waals surface area contributed by atoms with Gasteiger partial charge in [-0.1, -0.05) is 72.5 Å². The Morgan fingerprint density at radius 1 is 1.07 bits per heavy atom. The van der Waals surface area contributed by atoms with Crippen LogP contribution in [0.25, 0.3) is 17.4 Å². The fourth-order valence-corrected chi connectivity index (χ4v) is 4.23. The molecule has 2 aromatic carbocycles. The summed E-state index contributed by atoms with van der Waals surface area (Å²) in [5.41, 5.74) is 1.63. The number of carboxylic acid groups (broad SMARTS) is 1. The minimum Gasteiger partial charge on any atom is -0.478 e. The molecule has 0 radical (unpaired) electrons. The molecular weight excluding hydrogens is 406 g/mol. The standard InChI is InChI=1S/C22H15NO4S2/c24-20-19(29-22(28)23(20)13-14-6-2-1-3-7-14)12-15-10-11-18(27-15)16-8-4-5-9-17(16)21(25)26/h1-12H,13H2,(H,25,26)/b19-12-. The van der Waals surface area contributed by atoms with E-state index in [1.807, 2.05) is 30.3 Å². The first-order valence-electron chi connectivity index (χ1n) is 8.75. The molecule has 4 rings (SSSR count). The molecule has 7 heteroatoms. The fraction of sp³-hybridized carbons (Fsp3) is 0.0455. The predicted molar refractivity (Wildman–Crippen MR) is 116 cm³/mol. The third-order valence-corrected chi connectivity index (χ3v) is 5.76. The number of furan rings is 1. The molecule has 0 spiro atoms. The molecule has 29 heavy (non-hydrogen) atoms. The Balaban J connectivity index is 1.57. The lowest BCUT2D eigenvalue weighted by Gasteiger charge is -2.14. The van der Waals surface area contributed by atoms with Gasteiger partial charge in [0.2, 0.25) is 0 Å². The van der Waals surface area contributed by atoms with Gasteiger partial charge in [-0.05, 0) is 23.8 Å². The van der Waals surface area contributed by atoms with Crippen LogP contribution in [0.4, 0.5) is 0 Å². The molecule has 0 atom stereocenters. The second-order valence-electron chi connectivity index (χ2n) is 6.31. The van der Waals surface area contributed by atoms with E-state index < -0.39 is 5.97 Å². The first-order valence-corrected chi connectivity index (χ1v) is 9.97. The maximum atomic E-state index is 12.8. The summed E-state index contributed by atoms with van der Waals surface area (Å²) in [5, 5.41) is 9.36. The lowest BCUT2D eigenvalue weighted by molar-refractivity contribution is -0.122. The van der Waals surface area contributed by atoms with Gasteiger partial charge in [0.05, 0.1) is 17.0 Å². The summed E-state index contributed by atoms with van der Waals surface area (Å²) in [6.07, 6.45) is 1.64. The lowest BCUT2D eigenvalue weighted by atomic mass is 10.1. The molecule has 1 aromatic heterocycles. The SMILES string of the molecule is O=C(O)c1ccccc1-c1ccc(/C=C2\SC(=S)N(Cc3ccccc3)C2=O)o1. The molecule has 1 aliphatic rings. The van der Waals surface area contributed by atoms with Crippen molar-refractivity contribution in [3.05, 3.63) is 88.5 Å². The summed E-state index contributed by atoms with van der Waals surface area (Å²) < 4.78 is 6.29. The first kappa shape index (κ1) is 19.2. The van der Waals surface area contributed by atoms with Crippen LogP contribution in [0.2, 0.25) is 0 Å². The summed E-state index contributed by atoms with van der Waals surface area (Å²) in [6.45, 7) is 0.415. The van der Waals surface area contributed by atoms with Gasteiger partial charge in [-0.2, -0.15) is 0 Å². The van der Waals surface area contributed by atoms with E-state index in [2.05, 4.69) is 0 Å². The number of rotatable bonds is 5. The topological polar surface area (TPSA) is 70.8 Å². The smallest absolute Gasteiger partial charge is 0.336 e. The Labute approximate surface area is 176 Å². The van der Waals surface area contributed by atoms with Crippen molar-refractivity contribution in [2.45, 2.75) is 6.54 Å². The number of hydrogen-bond donors (Lipinski definition) is 1. The van der Waals surface area contributed by atoms with Crippen LogP contribution in [0.15, 0.2) is 76.1 Å². The van der Waals surface area contributed by atoms with E-state index in [-0.39, 0.29) is 11.5 Å². The van der Waals surface area contributed by atoms with E-state index in [1.54, 1.807) is 41.3 Å². The molecule has 0 unspecified atom stereocenters. The van der Waals surface area contributed by atoms with Crippen LogP contribution in [0.5, 0.6) is 0 Å². The third-order valence-electron chi connectivity index (χ3n) is 4.38. The predicted octanol–water partition coefficient (Wildman–Crippen LogP) is 5.05. The van der Waals surface area contributed by atoms with Crippen LogP contribution in [-0.4, -0.2) is 26.2 Å². The highest BCUT2D eigenvalue weighted by molar-refractivity contribution is 8.26. The van der Waals surface area contributed by atoms with Crippen LogP contribution in [0, 0.1) is 0 Å². The zero-order valence-electron chi connectivity index (χ0n) is 15.1. The molecule has 0 bridgehead atoms. The Hall–Kier alpha value is -3.16. The third kappa shape index (κ3) is 4.01. The van der Waals surface area contributed by atoms with Crippen molar-refractivity contribution < 1.29 is 19.1 Å². The summed E-state index contributed by atoms with van der Waals surface area (Å²) >= 11 is 6.59. The highest BCUT2D eigenvalue weighted by atomic mass is 32.2. The van der Waals surface area contributed by atoms with E-state index in [0.717, 1.165) is 5.56 Å². The second-order valence-corrected chi connectivity index (χ2v) is 7.98. The number of nitrogens with zero attached hydrogens (tertiary/aromatic N) is 1. The molecule has 1 saturated heterocycles. The van der Waals surface area contributed by atoms with Gasteiger partial charge in [0.1, 0.15) is 15.8 Å². The van der Waals surface area contributed by atoms with Gasteiger partial charge < -0.3 is 9.52 Å². The average Bonchev–Trinajstić information content (AvgIpc) is 3.29. The minimum atomic E-state index is -1.03. The van der Waals surface area contributed by atoms with Crippen molar-refractivity contribution >= 4 is 46.3 Å². The Morgan fingerprint density at radius 2 is 1.79 bits per heavy atom. The molecule has 0 aliphatic carbocycles. The second kappa shape index (κ2) is 8.06. The molecule has 1 fully saturated rings. The number of carboxylic acids is 1. The van der Waals surface area contributed by atoms with Gasteiger partial charge in [0.25, 0.3) is 5.91 Å². The zero-order chi connectivity index (χ0) is 20.4. The number of benzene rings is 2. The van der Waals surface area contributed by atoms with Gasteiger partial charge in [-0.25, -0.2) is 4.79 Å². The van der Waals surface area contributed by atoms with Crippen LogP contribution < -0.4 is 0 Å². The van der Waals surface area contributed by atoms with Gasteiger partial charge in [0, 0.05) is 11.6 Å². The fourth-order valence-electron chi connectivity index (χ4n) is 2.99. The number of carbonyl (C=O) groups excluding carboxylic acids is 1.